The van der Waals surface area contributed by atoms with E-state index in [2.05, 4.69) is 4.99 Å². The minimum atomic E-state index is -5.09. The molecule has 0 bridgehead atoms. The van der Waals surface area contributed by atoms with Crippen LogP contribution in [0.25, 0.3) is 6.08 Å². The number of thiazole rings is 1. The third-order valence-corrected chi connectivity index (χ3v) is 8.05. The number of nitrogens with zero attached hydrogens (tertiary/aromatic N) is 3. The van der Waals surface area contributed by atoms with E-state index in [1.807, 2.05) is 30.3 Å². The first-order valence-corrected chi connectivity index (χ1v) is 14.7. The fourth-order valence-electron chi connectivity index (χ4n) is 4.79. The van der Waals surface area contributed by atoms with Crippen LogP contribution in [0.15, 0.2) is 87.8 Å². The van der Waals surface area contributed by atoms with E-state index in [4.69, 9.17) is 25.8 Å². The molecule has 0 spiro atoms. The molecule has 238 valence electrons. The lowest BCUT2D eigenvalue weighted by atomic mass is 9.95. The molecule has 0 fully saturated rings. The van der Waals surface area contributed by atoms with Crippen molar-refractivity contribution < 1.29 is 37.1 Å². The Balaban J connectivity index is 1.71. The van der Waals surface area contributed by atoms with E-state index in [0.717, 1.165) is 22.3 Å². The summed E-state index contributed by atoms with van der Waals surface area (Å²) in [6.07, 6.45) is -3.94. The van der Waals surface area contributed by atoms with Crippen LogP contribution in [0.1, 0.15) is 29.7 Å². The molecule has 5 rings (SSSR count). The highest BCUT2D eigenvalue weighted by molar-refractivity contribution is 7.07. The van der Waals surface area contributed by atoms with Crippen LogP contribution in [-0.4, -0.2) is 35.4 Å². The highest BCUT2D eigenvalue weighted by atomic mass is 35.5. The predicted molar refractivity (Wildman–Crippen MR) is 163 cm³/mol. The lowest BCUT2D eigenvalue weighted by Crippen LogP contribution is -2.41. The number of carbonyl (C=O) groups excluding carboxylic acids is 1. The smallest absolute Gasteiger partial charge is 0.434 e. The molecule has 2 heterocycles. The summed E-state index contributed by atoms with van der Waals surface area (Å²) in [4.78, 5) is 41.6. The molecular weight excluding hydrogens is 651 g/mol. The first kappa shape index (κ1) is 32.4. The number of allylic oxidation sites excluding steroid dienone is 1. The minimum Gasteiger partial charge on any atom is -0.493 e. The van der Waals surface area contributed by atoms with E-state index < -0.39 is 45.6 Å². The zero-order valence-electron chi connectivity index (χ0n) is 24.0. The average molecular weight is 674 g/mol. The molecule has 1 aliphatic heterocycles. The van der Waals surface area contributed by atoms with E-state index in [0.29, 0.717) is 11.3 Å². The maximum Gasteiger partial charge on any atom is 0.434 e. The molecule has 10 nitrogen and oxygen atoms in total. The first-order valence-electron chi connectivity index (χ1n) is 13.5. The topological polar surface area (TPSA) is 122 Å². The first-order chi connectivity index (χ1) is 21.9. The average Bonchev–Trinajstić information content (AvgIpc) is 3.34. The van der Waals surface area contributed by atoms with E-state index in [9.17, 15) is 32.9 Å². The zero-order chi connectivity index (χ0) is 33.2. The molecule has 1 aliphatic rings. The Hall–Kier alpha value is -4.95. The van der Waals surface area contributed by atoms with Gasteiger partial charge in [-0.3, -0.25) is 19.5 Å². The SMILES string of the molecule is CCOC(=O)C1=C(C(F)(F)F)N=c2s/c(=C\c3cc(OC)c(OCc4ccccc4)cc3[N+](=O)[O-])c(=O)n2[C@H]1c1ccc(Cl)cc1. The number of nitro groups is 1. The number of ether oxygens (including phenoxy) is 3. The fraction of sp³-hybridized carbons (Fsp3) is 0.194. The molecular formula is C31H23ClF3N3O7S. The monoisotopic (exact) mass is 673 g/mol. The molecule has 0 aliphatic carbocycles. The van der Waals surface area contributed by atoms with Crippen molar-refractivity contribution in [1.82, 2.24) is 4.57 Å². The number of benzene rings is 3. The summed E-state index contributed by atoms with van der Waals surface area (Å²) >= 11 is 6.58. The fourth-order valence-corrected chi connectivity index (χ4v) is 5.91. The second-order valence-electron chi connectivity index (χ2n) is 9.71. The molecule has 0 unspecified atom stereocenters. The van der Waals surface area contributed by atoms with Crippen molar-refractivity contribution in [2.45, 2.75) is 25.7 Å². The van der Waals surface area contributed by atoms with Crippen molar-refractivity contribution in [3.05, 3.63) is 130 Å². The van der Waals surface area contributed by atoms with Gasteiger partial charge >= 0.3 is 12.1 Å². The third kappa shape index (κ3) is 6.53. The van der Waals surface area contributed by atoms with Crippen LogP contribution in [-0.2, 0) is 16.1 Å². The van der Waals surface area contributed by atoms with Crippen molar-refractivity contribution in [3.63, 3.8) is 0 Å². The Morgan fingerprint density at radius 3 is 2.43 bits per heavy atom. The lowest BCUT2D eigenvalue weighted by Gasteiger charge is -2.26. The maximum atomic E-state index is 14.4. The van der Waals surface area contributed by atoms with Crippen molar-refractivity contribution in [2.75, 3.05) is 13.7 Å². The second kappa shape index (κ2) is 13.2. The van der Waals surface area contributed by atoms with Gasteiger partial charge in [0.1, 0.15) is 6.61 Å². The summed E-state index contributed by atoms with van der Waals surface area (Å²) in [6.45, 7) is 1.28. The van der Waals surface area contributed by atoms with Gasteiger partial charge in [0.2, 0.25) is 0 Å². The molecule has 0 radical (unpaired) electrons. The normalized spacial score (nSPS) is 14.8. The summed E-state index contributed by atoms with van der Waals surface area (Å²) in [6, 6.07) is 15.5. The highest BCUT2D eigenvalue weighted by Crippen LogP contribution is 2.39. The Labute approximate surface area is 267 Å². The molecule has 0 N–H and O–H groups in total. The van der Waals surface area contributed by atoms with Gasteiger partial charge in [-0.1, -0.05) is 65.4 Å². The van der Waals surface area contributed by atoms with Crippen LogP contribution in [0.2, 0.25) is 5.02 Å². The van der Waals surface area contributed by atoms with Crippen LogP contribution in [0.5, 0.6) is 11.5 Å². The molecule has 0 saturated carbocycles. The second-order valence-corrected chi connectivity index (χ2v) is 11.2. The van der Waals surface area contributed by atoms with E-state index in [-0.39, 0.29) is 50.2 Å². The molecule has 1 atom stereocenters. The highest BCUT2D eigenvalue weighted by Gasteiger charge is 2.45. The largest absolute Gasteiger partial charge is 0.493 e. The maximum absolute atomic E-state index is 14.4. The predicted octanol–water partition coefficient (Wildman–Crippen LogP) is 5.49. The number of alkyl halides is 3. The number of rotatable bonds is 9. The minimum absolute atomic E-state index is 0.0632. The summed E-state index contributed by atoms with van der Waals surface area (Å²) in [5, 5.41) is 12.4. The van der Waals surface area contributed by atoms with E-state index >= 15 is 0 Å². The van der Waals surface area contributed by atoms with Gasteiger partial charge in [-0.2, -0.15) is 13.2 Å². The number of nitro benzene ring substituents is 1. The number of aromatic nitrogens is 1. The summed E-state index contributed by atoms with van der Waals surface area (Å²) in [5.74, 6) is -1.13. The molecule has 15 heteroatoms. The standard InChI is InChI=1S/C31H23ClF3N3O7S/c1-3-44-29(40)25-26(18-9-11-20(32)12-10-18)37-28(39)24(46-30(37)36-27(25)31(33,34)35)14-19-13-22(43-2)23(15-21(19)38(41)42)45-16-17-7-5-4-6-8-17/h4-15,26H,3,16H2,1-2H3/b24-14-/t26-/m0/s1. The Morgan fingerprint density at radius 2 is 1.83 bits per heavy atom. The number of esters is 1. The summed E-state index contributed by atoms with van der Waals surface area (Å²) in [7, 11) is 1.33. The van der Waals surface area contributed by atoms with Gasteiger partial charge in [-0.25, -0.2) is 9.79 Å². The van der Waals surface area contributed by atoms with Crippen molar-refractivity contribution in [2.24, 2.45) is 4.99 Å². The number of hydrogen-bond donors (Lipinski definition) is 0. The van der Waals surface area contributed by atoms with Gasteiger partial charge < -0.3 is 14.2 Å². The van der Waals surface area contributed by atoms with Crippen LogP contribution < -0.4 is 24.4 Å². The Morgan fingerprint density at radius 1 is 1.13 bits per heavy atom. The van der Waals surface area contributed by atoms with E-state index in [1.54, 1.807) is 0 Å². The number of fused-ring (bicyclic) bond motifs is 1. The molecule has 4 aromatic rings. The molecule has 3 aromatic carbocycles. The van der Waals surface area contributed by atoms with Crippen LogP contribution in [0.4, 0.5) is 18.9 Å². The molecule has 46 heavy (non-hydrogen) atoms. The van der Waals surface area contributed by atoms with E-state index in [1.165, 1.54) is 44.4 Å². The van der Waals surface area contributed by atoms with Crippen molar-refractivity contribution in [1.29, 1.82) is 0 Å². The number of hydrogen-bond acceptors (Lipinski definition) is 9. The summed E-state index contributed by atoms with van der Waals surface area (Å²) < 4.78 is 60.0. The lowest BCUT2D eigenvalue weighted by molar-refractivity contribution is -0.385. The third-order valence-electron chi connectivity index (χ3n) is 6.81. The van der Waals surface area contributed by atoms with Crippen molar-refractivity contribution >= 4 is 40.7 Å². The van der Waals surface area contributed by atoms with Gasteiger partial charge in [0.15, 0.2) is 22.0 Å². The molecule has 1 aromatic heterocycles. The number of halogens is 4. The Bertz CT molecular complexity index is 2030. The zero-order valence-corrected chi connectivity index (χ0v) is 25.6. The Kier molecular flexibility index (Phi) is 9.30. The molecule has 0 amide bonds. The summed E-state index contributed by atoms with van der Waals surface area (Å²) in [5.41, 5.74) is -2.86. The van der Waals surface area contributed by atoms with Crippen LogP contribution in [0.3, 0.4) is 0 Å². The van der Waals surface area contributed by atoms with Gasteiger partial charge in [0.05, 0.1) is 46.4 Å². The quantitative estimate of drug-likeness (QED) is 0.131. The van der Waals surface area contributed by atoms with Crippen molar-refractivity contribution in [3.8, 4) is 11.5 Å². The van der Waals surface area contributed by atoms with Gasteiger partial charge in [0.25, 0.3) is 11.2 Å². The molecule has 0 saturated heterocycles. The number of methoxy groups -OCH3 is 1. The van der Waals surface area contributed by atoms with Gasteiger partial charge in [0, 0.05) is 5.02 Å². The van der Waals surface area contributed by atoms with Crippen LogP contribution >= 0.6 is 22.9 Å². The van der Waals surface area contributed by atoms with Gasteiger partial charge in [-0.05, 0) is 42.3 Å². The van der Waals surface area contributed by atoms with Crippen LogP contribution in [0, 0.1) is 10.1 Å². The van der Waals surface area contributed by atoms with Gasteiger partial charge in [-0.15, -0.1) is 0 Å². The number of carbonyl (C=O) groups is 1.